The molecule has 0 saturated carbocycles. The van der Waals surface area contributed by atoms with Gasteiger partial charge in [0.1, 0.15) is 0 Å². The van der Waals surface area contributed by atoms with E-state index in [0.29, 0.717) is 13.0 Å². The lowest BCUT2D eigenvalue weighted by atomic mass is 10.2. The summed E-state index contributed by atoms with van der Waals surface area (Å²) in [6.45, 7) is 8.00. The van der Waals surface area contributed by atoms with Crippen molar-refractivity contribution >= 4 is 11.7 Å². The number of Topliss-reactive ketones (excluding diaryl/α,β-unsaturated/α-hetero) is 1. The Labute approximate surface area is 79.4 Å². The summed E-state index contributed by atoms with van der Waals surface area (Å²) in [6, 6.07) is 0. The van der Waals surface area contributed by atoms with Gasteiger partial charge in [-0.25, -0.2) is 0 Å². The van der Waals surface area contributed by atoms with E-state index in [-0.39, 0.29) is 18.2 Å². The van der Waals surface area contributed by atoms with E-state index >= 15 is 0 Å². The van der Waals surface area contributed by atoms with E-state index in [2.05, 4.69) is 6.58 Å². The molecule has 3 nitrogen and oxygen atoms in total. The summed E-state index contributed by atoms with van der Waals surface area (Å²) >= 11 is 0. The zero-order valence-electron chi connectivity index (χ0n) is 8.38. The van der Waals surface area contributed by atoms with Gasteiger partial charge in [0, 0.05) is 13.0 Å². The predicted molar refractivity (Wildman–Crippen MR) is 52.4 cm³/mol. The quantitative estimate of drug-likeness (QED) is 0.583. The van der Waals surface area contributed by atoms with Gasteiger partial charge in [0.2, 0.25) is 5.91 Å². The number of hydrogen-bond acceptors (Lipinski definition) is 2. The van der Waals surface area contributed by atoms with Crippen LogP contribution in [0.3, 0.4) is 0 Å². The Hall–Kier alpha value is -1.12. The van der Waals surface area contributed by atoms with Crippen molar-refractivity contribution in [2.75, 3.05) is 13.1 Å². The van der Waals surface area contributed by atoms with Crippen LogP contribution in [0.2, 0.25) is 0 Å². The van der Waals surface area contributed by atoms with Gasteiger partial charge in [-0.3, -0.25) is 9.59 Å². The van der Waals surface area contributed by atoms with Crippen LogP contribution in [0, 0.1) is 0 Å². The van der Waals surface area contributed by atoms with Gasteiger partial charge < -0.3 is 4.90 Å². The van der Waals surface area contributed by atoms with Crippen molar-refractivity contribution in [3.8, 4) is 0 Å². The molecule has 0 rings (SSSR count). The topological polar surface area (TPSA) is 37.4 Å². The SMILES string of the molecule is C=CC(=O)N(CCC)CC(=O)CC. The normalized spacial score (nSPS) is 9.38. The third-order valence-corrected chi connectivity index (χ3v) is 1.74. The first-order valence-corrected chi connectivity index (χ1v) is 4.58. The third kappa shape index (κ3) is 4.45. The smallest absolute Gasteiger partial charge is 0.246 e. The molecule has 0 aromatic rings. The van der Waals surface area contributed by atoms with Gasteiger partial charge in [-0.1, -0.05) is 20.4 Å². The first kappa shape index (κ1) is 11.9. The molecule has 0 heterocycles. The Kier molecular flexibility index (Phi) is 5.85. The highest BCUT2D eigenvalue weighted by atomic mass is 16.2. The van der Waals surface area contributed by atoms with Gasteiger partial charge in [0.05, 0.1) is 6.54 Å². The monoisotopic (exact) mass is 183 g/mol. The molecular weight excluding hydrogens is 166 g/mol. The van der Waals surface area contributed by atoms with Gasteiger partial charge in [-0.2, -0.15) is 0 Å². The average Bonchev–Trinajstić information content (AvgIpc) is 2.15. The summed E-state index contributed by atoms with van der Waals surface area (Å²) < 4.78 is 0. The summed E-state index contributed by atoms with van der Waals surface area (Å²) in [6.07, 6.45) is 2.58. The molecule has 1 amide bonds. The molecule has 0 unspecified atom stereocenters. The van der Waals surface area contributed by atoms with Gasteiger partial charge >= 0.3 is 0 Å². The zero-order valence-corrected chi connectivity index (χ0v) is 8.38. The fourth-order valence-corrected chi connectivity index (χ4v) is 0.991. The minimum Gasteiger partial charge on any atom is -0.332 e. The first-order chi connectivity index (χ1) is 6.15. The van der Waals surface area contributed by atoms with E-state index in [1.165, 1.54) is 11.0 Å². The van der Waals surface area contributed by atoms with Crippen LogP contribution in [-0.2, 0) is 9.59 Å². The first-order valence-electron chi connectivity index (χ1n) is 4.58. The lowest BCUT2D eigenvalue weighted by Crippen LogP contribution is -2.34. The number of carbonyl (C=O) groups is 2. The van der Waals surface area contributed by atoms with Crippen LogP contribution in [0.4, 0.5) is 0 Å². The Morgan fingerprint density at radius 1 is 1.38 bits per heavy atom. The van der Waals surface area contributed by atoms with Crippen molar-refractivity contribution in [3.63, 3.8) is 0 Å². The highest BCUT2D eigenvalue weighted by Crippen LogP contribution is 1.95. The molecule has 0 radical (unpaired) electrons. The maximum atomic E-state index is 11.2. The summed E-state index contributed by atoms with van der Waals surface area (Å²) in [7, 11) is 0. The molecule has 0 aromatic heterocycles. The number of ketones is 1. The standard InChI is InChI=1S/C10H17NO2/c1-4-7-11(10(13)6-3)8-9(12)5-2/h6H,3-5,7-8H2,1-2H3. The van der Waals surface area contributed by atoms with Gasteiger partial charge in [-0.15, -0.1) is 0 Å². The van der Waals surface area contributed by atoms with E-state index < -0.39 is 0 Å². The molecule has 74 valence electrons. The second-order valence-corrected chi connectivity index (χ2v) is 2.86. The van der Waals surface area contributed by atoms with E-state index in [1.54, 1.807) is 6.92 Å². The van der Waals surface area contributed by atoms with E-state index in [0.717, 1.165) is 6.42 Å². The maximum Gasteiger partial charge on any atom is 0.246 e. The summed E-state index contributed by atoms with van der Waals surface area (Å²) in [5.74, 6) is -0.0766. The van der Waals surface area contributed by atoms with Crippen LogP contribution in [0.15, 0.2) is 12.7 Å². The molecule has 0 atom stereocenters. The van der Waals surface area contributed by atoms with E-state index in [9.17, 15) is 9.59 Å². The van der Waals surface area contributed by atoms with Crippen molar-refractivity contribution in [2.45, 2.75) is 26.7 Å². The Bertz CT molecular complexity index is 199. The average molecular weight is 183 g/mol. The molecule has 3 heteroatoms. The van der Waals surface area contributed by atoms with Crippen LogP contribution in [-0.4, -0.2) is 29.7 Å². The van der Waals surface area contributed by atoms with Crippen LogP contribution in [0.1, 0.15) is 26.7 Å². The van der Waals surface area contributed by atoms with Crippen molar-refractivity contribution in [3.05, 3.63) is 12.7 Å². The van der Waals surface area contributed by atoms with E-state index in [4.69, 9.17) is 0 Å². The number of amides is 1. The number of nitrogens with zero attached hydrogens (tertiary/aromatic N) is 1. The molecule has 0 spiro atoms. The summed E-state index contributed by atoms with van der Waals surface area (Å²) in [5, 5.41) is 0. The second-order valence-electron chi connectivity index (χ2n) is 2.86. The lowest BCUT2D eigenvalue weighted by Gasteiger charge is -2.18. The van der Waals surface area contributed by atoms with Crippen LogP contribution >= 0.6 is 0 Å². The number of hydrogen-bond donors (Lipinski definition) is 0. The molecule has 0 fully saturated rings. The number of carbonyl (C=O) groups excluding carboxylic acids is 2. The molecule has 0 saturated heterocycles. The summed E-state index contributed by atoms with van der Waals surface area (Å²) in [5.41, 5.74) is 0. The second kappa shape index (κ2) is 6.40. The molecule has 13 heavy (non-hydrogen) atoms. The van der Waals surface area contributed by atoms with Crippen molar-refractivity contribution < 1.29 is 9.59 Å². The molecular formula is C10H17NO2. The van der Waals surface area contributed by atoms with Crippen molar-refractivity contribution in [1.82, 2.24) is 4.90 Å². The molecule has 0 N–H and O–H groups in total. The van der Waals surface area contributed by atoms with Gasteiger partial charge in [0.15, 0.2) is 5.78 Å². The number of rotatable bonds is 6. The molecule has 0 aliphatic heterocycles. The fraction of sp³-hybridized carbons (Fsp3) is 0.600. The fourth-order valence-electron chi connectivity index (χ4n) is 0.991. The Balaban J connectivity index is 4.16. The zero-order chi connectivity index (χ0) is 10.3. The highest BCUT2D eigenvalue weighted by Gasteiger charge is 2.11. The third-order valence-electron chi connectivity index (χ3n) is 1.74. The minimum atomic E-state index is -0.163. The van der Waals surface area contributed by atoms with Gasteiger partial charge in [-0.05, 0) is 12.5 Å². The molecule has 0 aromatic carbocycles. The Morgan fingerprint density at radius 2 is 2.00 bits per heavy atom. The lowest BCUT2D eigenvalue weighted by molar-refractivity contribution is -0.131. The van der Waals surface area contributed by atoms with Crippen LogP contribution in [0.25, 0.3) is 0 Å². The molecule has 0 aliphatic rings. The molecule has 0 bridgehead atoms. The highest BCUT2D eigenvalue weighted by molar-refractivity contribution is 5.91. The van der Waals surface area contributed by atoms with Crippen molar-refractivity contribution in [1.29, 1.82) is 0 Å². The molecule has 0 aliphatic carbocycles. The van der Waals surface area contributed by atoms with Crippen LogP contribution in [0.5, 0.6) is 0 Å². The largest absolute Gasteiger partial charge is 0.332 e. The predicted octanol–water partition coefficient (Wildman–Crippen LogP) is 1.39. The minimum absolute atomic E-state index is 0.0867. The Morgan fingerprint density at radius 3 is 2.38 bits per heavy atom. The van der Waals surface area contributed by atoms with Crippen LogP contribution < -0.4 is 0 Å². The van der Waals surface area contributed by atoms with Crippen molar-refractivity contribution in [2.24, 2.45) is 0 Å². The maximum absolute atomic E-state index is 11.2. The van der Waals surface area contributed by atoms with Gasteiger partial charge in [0.25, 0.3) is 0 Å². The van der Waals surface area contributed by atoms with E-state index in [1.807, 2.05) is 6.92 Å². The summed E-state index contributed by atoms with van der Waals surface area (Å²) in [4.78, 5) is 23.8.